The summed E-state index contributed by atoms with van der Waals surface area (Å²) in [6.45, 7) is 3.06. The fourth-order valence-electron chi connectivity index (χ4n) is 3.90. The number of aliphatic hydroxyl groups is 1. The normalized spacial score (nSPS) is 22.3. The van der Waals surface area contributed by atoms with Gasteiger partial charge in [0, 0.05) is 13.2 Å². The first-order valence-electron chi connectivity index (χ1n) is 9.63. The van der Waals surface area contributed by atoms with Crippen molar-refractivity contribution in [2.24, 2.45) is 0 Å². The van der Waals surface area contributed by atoms with Crippen molar-refractivity contribution in [2.75, 3.05) is 13.2 Å². The van der Waals surface area contributed by atoms with Crippen LogP contribution in [-0.2, 0) is 16.0 Å². The number of aryl methyl sites for hydroxylation is 1. The van der Waals surface area contributed by atoms with Gasteiger partial charge < -0.3 is 19.2 Å². The molecule has 0 unspecified atom stereocenters. The van der Waals surface area contributed by atoms with Gasteiger partial charge in [0.05, 0.1) is 24.0 Å². The second kappa shape index (κ2) is 7.64. The van der Waals surface area contributed by atoms with Gasteiger partial charge in [-0.25, -0.2) is 0 Å². The molecule has 1 N–H and O–H groups in total. The van der Waals surface area contributed by atoms with Gasteiger partial charge in [-0.1, -0.05) is 31.2 Å². The van der Waals surface area contributed by atoms with Crippen LogP contribution in [0.2, 0.25) is 0 Å². The minimum absolute atomic E-state index is 0.0576. The number of amides is 1. The van der Waals surface area contributed by atoms with Crippen molar-refractivity contribution >= 4 is 11.7 Å². The monoisotopic (exact) mass is 381 g/mol. The van der Waals surface area contributed by atoms with E-state index in [1.165, 1.54) is 12.3 Å². The molecule has 2 atom stereocenters. The molecule has 146 valence electrons. The number of hydrogen-bond acceptors (Lipinski definition) is 5. The van der Waals surface area contributed by atoms with Crippen LogP contribution in [0.3, 0.4) is 0 Å². The summed E-state index contributed by atoms with van der Waals surface area (Å²) >= 11 is 0. The Labute approximate surface area is 163 Å². The number of carbonyl (C=O) groups is 2. The van der Waals surface area contributed by atoms with E-state index in [1.54, 1.807) is 11.0 Å². The van der Waals surface area contributed by atoms with Crippen LogP contribution in [0, 0.1) is 0 Å². The summed E-state index contributed by atoms with van der Waals surface area (Å²) in [5.74, 6) is -1.43. The van der Waals surface area contributed by atoms with Gasteiger partial charge in [-0.3, -0.25) is 9.59 Å². The van der Waals surface area contributed by atoms with Crippen LogP contribution in [0.25, 0.3) is 0 Å². The average molecular weight is 381 g/mol. The number of aliphatic hydroxyl groups excluding tert-OH is 1. The van der Waals surface area contributed by atoms with E-state index in [-0.39, 0.29) is 17.4 Å². The summed E-state index contributed by atoms with van der Waals surface area (Å²) in [5.41, 5.74) is 2.00. The van der Waals surface area contributed by atoms with Gasteiger partial charge in [0.25, 0.3) is 5.91 Å². The van der Waals surface area contributed by atoms with Crippen molar-refractivity contribution in [3.05, 3.63) is 70.9 Å². The first kappa shape index (κ1) is 18.5. The summed E-state index contributed by atoms with van der Waals surface area (Å²) in [6.07, 6.45) is 4.00. The van der Waals surface area contributed by atoms with Crippen molar-refractivity contribution in [2.45, 2.75) is 38.3 Å². The molecule has 4 rings (SSSR count). The molecule has 1 fully saturated rings. The zero-order chi connectivity index (χ0) is 19.7. The van der Waals surface area contributed by atoms with Crippen molar-refractivity contribution in [1.82, 2.24) is 4.90 Å². The fraction of sp³-hybridized carbons (Fsp3) is 0.364. The van der Waals surface area contributed by atoms with Crippen LogP contribution in [0.15, 0.2) is 58.4 Å². The molecular formula is C22H23NO5. The summed E-state index contributed by atoms with van der Waals surface area (Å²) in [7, 11) is 0. The molecule has 0 saturated carbocycles. The zero-order valence-electron chi connectivity index (χ0n) is 15.8. The van der Waals surface area contributed by atoms with Crippen molar-refractivity contribution in [1.29, 1.82) is 0 Å². The molecule has 0 radical (unpaired) electrons. The Morgan fingerprint density at radius 2 is 2.04 bits per heavy atom. The third-order valence-corrected chi connectivity index (χ3v) is 5.42. The molecule has 0 bridgehead atoms. The molecule has 1 saturated heterocycles. The lowest BCUT2D eigenvalue weighted by atomic mass is 9.94. The van der Waals surface area contributed by atoms with Crippen LogP contribution in [0.4, 0.5) is 0 Å². The third-order valence-electron chi connectivity index (χ3n) is 5.42. The Hall–Kier alpha value is -2.86. The van der Waals surface area contributed by atoms with E-state index >= 15 is 0 Å². The highest BCUT2D eigenvalue weighted by molar-refractivity contribution is 6.15. The van der Waals surface area contributed by atoms with Crippen molar-refractivity contribution in [3.63, 3.8) is 0 Å². The van der Waals surface area contributed by atoms with Gasteiger partial charge in [0.1, 0.15) is 0 Å². The van der Waals surface area contributed by atoms with Crippen LogP contribution < -0.4 is 0 Å². The van der Waals surface area contributed by atoms with Crippen LogP contribution in [0.1, 0.15) is 47.5 Å². The standard InChI is InChI=1S/C22H23NO5/c1-2-14-7-9-15(10-8-14)19-18(20(24)17-6-4-12-28-17)21(25)22(26)23(19)13-16-5-3-11-27-16/h4,6-10,12,16,19,25H,2-3,5,11,13H2,1H3/t16-,19+/m1/s1. The van der Waals surface area contributed by atoms with Gasteiger partial charge in [-0.05, 0) is 42.5 Å². The second-order valence-corrected chi connectivity index (χ2v) is 7.16. The van der Waals surface area contributed by atoms with E-state index in [0.717, 1.165) is 30.4 Å². The van der Waals surface area contributed by atoms with Crippen molar-refractivity contribution < 1.29 is 23.8 Å². The molecule has 1 amide bonds. The zero-order valence-corrected chi connectivity index (χ0v) is 15.8. The molecule has 28 heavy (non-hydrogen) atoms. The predicted octanol–water partition coefficient (Wildman–Crippen LogP) is 3.60. The lowest BCUT2D eigenvalue weighted by molar-refractivity contribution is -0.131. The molecule has 0 aliphatic carbocycles. The number of rotatable bonds is 6. The Balaban J connectivity index is 1.74. The third kappa shape index (κ3) is 3.24. The molecule has 1 aromatic heterocycles. The molecule has 2 aliphatic heterocycles. The summed E-state index contributed by atoms with van der Waals surface area (Å²) < 4.78 is 10.9. The Morgan fingerprint density at radius 1 is 1.25 bits per heavy atom. The summed E-state index contributed by atoms with van der Waals surface area (Å²) in [5, 5.41) is 10.6. The number of Topliss-reactive ketones (excluding diaryl/α,β-unsaturated/α-hetero) is 1. The van der Waals surface area contributed by atoms with Crippen LogP contribution in [-0.4, -0.2) is 41.0 Å². The highest BCUT2D eigenvalue weighted by Crippen LogP contribution is 2.39. The first-order chi connectivity index (χ1) is 13.6. The Kier molecular flexibility index (Phi) is 5.05. The number of furan rings is 1. The molecule has 3 heterocycles. The van der Waals surface area contributed by atoms with E-state index in [0.29, 0.717) is 13.2 Å². The number of nitrogens with zero attached hydrogens (tertiary/aromatic N) is 1. The SMILES string of the molecule is CCc1ccc([C@H]2C(C(=O)c3ccco3)=C(O)C(=O)N2C[C@H]2CCCO2)cc1. The predicted molar refractivity (Wildman–Crippen MR) is 102 cm³/mol. The number of hydrogen-bond donors (Lipinski definition) is 1. The molecule has 1 aromatic carbocycles. The van der Waals surface area contributed by atoms with E-state index in [4.69, 9.17) is 9.15 Å². The number of benzene rings is 1. The summed E-state index contributed by atoms with van der Waals surface area (Å²) in [6, 6.07) is 10.3. The lowest BCUT2D eigenvalue weighted by Crippen LogP contribution is -2.37. The Morgan fingerprint density at radius 3 is 2.64 bits per heavy atom. The molecule has 6 heteroatoms. The molecule has 6 nitrogen and oxygen atoms in total. The minimum atomic E-state index is -0.666. The maximum absolute atomic E-state index is 13.0. The second-order valence-electron chi connectivity index (χ2n) is 7.16. The number of carbonyl (C=O) groups excluding carboxylic acids is 2. The van der Waals surface area contributed by atoms with E-state index < -0.39 is 23.5 Å². The summed E-state index contributed by atoms with van der Waals surface area (Å²) in [4.78, 5) is 27.4. The van der Waals surface area contributed by atoms with E-state index in [2.05, 4.69) is 6.92 Å². The Bertz CT molecular complexity index is 892. The maximum atomic E-state index is 13.0. The van der Waals surface area contributed by atoms with E-state index in [9.17, 15) is 14.7 Å². The molecule has 2 aromatic rings. The quantitative estimate of drug-likeness (QED) is 0.774. The highest BCUT2D eigenvalue weighted by Gasteiger charge is 2.45. The molecular weight excluding hydrogens is 358 g/mol. The first-order valence-corrected chi connectivity index (χ1v) is 9.63. The van der Waals surface area contributed by atoms with Gasteiger partial charge in [-0.15, -0.1) is 0 Å². The average Bonchev–Trinajstić information content (AvgIpc) is 3.46. The maximum Gasteiger partial charge on any atom is 0.290 e. The largest absolute Gasteiger partial charge is 0.503 e. The highest BCUT2D eigenvalue weighted by atomic mass is 16.5. The van der Waals surface area contributed by atoms with Gasteiger partial charge in [0.15, 0.2) is 11.5 Å². The van der Waals surface area contributed by atoms with Crippen molar-refractivity contribution in [3.8, 4) is 0 Å². The van der Waals surface area contributed by atoms with Gasteiger partial charge in [-0.2, -0.15) is 0 Å². The van der Waals surface area contributed by atoms with Crippen LogP contribution >= 0.6 is 0 Å². The van der Waals surface area contributed by atoms with Gasteiger partial charge >= 0.3 is 0 Å². The molecule has 0 spiro atoms. The fourth-order valence-corrected chi connectivity index (χ4v) is 3.90. The minimum Gasteiger partial charge on any atom is -0.503 e. The van der Waals surface area contributed by atoms with Gasteiger partial charge in [0.2, 0.25) is 5.78 Å². The molecule has 2 aliphatic rings. The topological polar surface area (TPSA) is 80.0 Å². The smallest absolute Gasteiger partial charge is 0.290 e. The number of ketones is 1. The number of ether oxygens (including phenoxy) is 1. The lowest BCUT2D eigenvalue weighted by Gasteiger charge is -2.28. The van der Waals surface area contributed by atoms with Crippen LogP contribution in [0.5, 0.6) is 0 Å². The van der Waals surface area contributed by atoms with E-state index in [1.807, 2.05) is 24.3 Å².